The fourth-order valence-corrected chi connectivity index (χ4v) is 3.20. The van der Waals surface area contributed by atoms with Gasteiger partial charge in [-0.1, -0.05) is 20.8 Å². The van der Waals surface area contributed by atoms with E-state index in [-0.39, 0.29) is 23.8 Å². The number of amides is 2. The number of nitrogens with zero attached hydrogens (tertiary/aromatic N) is 1. The van der Waals surface area contributed by atoms with Crippen molar-refractivity contribution < 1.29 is 14.3 Å². The van der Waals surface area contributed by atoms with Crippen molar-refractivity contribution in [3.8, 4) is 17.1 Å². The molecule has 2 aromatic rings. The van der Waals surface area contributed by atoms with Crippen LogP contribution >= 0.6 is 0 Å². The SMILES string of the molecule is CCCOc1ccc(NC(=O)CCCNC(C)=O)cc1-c1nc(CC)c(CC)c(=O)[nH]1. The van der Waals surface area contributed by atoms with Crippen molar-refractivity contribution in [3.05, 3.63) is 39.8 Å². The van der Waals surface area contributed by atoms with Gasteiger partial charge in [-0.25, -0.2) is 4.98 Å². The van der Waals surface area contributed by atoms with Gasteiger partial charge in [0.05, 0.1) is 17.9 Å². The van der Waals surface area contributed by atoms with Gasteiger partial charge in [0.2, 0.25) is 11.8 Å². The lowest BCUT2D eigenvalue weighted by Crippen LogP contribution is -2.22. The van der Waals surface area contributed by atoms with E-state index in [4.69, 9.17) is 4.74 Å². The molecular weight excluding hydrogens is 396 g/mol. The maximum absolute atomic E-state index is 12.6. The summed E-state index contributed by atoms with van der Waals surface area (Å²) in [5, 5.41) is 5.53. The van der Waals surface area contributed by atoms with Crippen molar-refractivity contribution >= 4 is 17.5 Å². The van der Waals surface area contributed by atoms with Crippen LogP contribution in [0.4, 0.5) is 5.69 Å². The van der Waals surface area contributed by atoms with Crippen LogP contribution in [-0.2, 0) is 22.4 Å². The van der Waals surface area contributed by atoms with Gasteiger partial charge in [-0.15, -0.1) is 0 Å². The van der Waals surface area contributed by atoms with Crippen LogP contribution in [-0.4, -0.2) is 34.9 Å². The number of nitrogens with one attached hydrogen (secondary N) is 3. The zero-order valence-electron chi connectivity index (χ0n) is 18.8. The number of aromatic amines is 1. The van der Waals surface area contributed by atoms with Crippen molar-refractivity contribution in [1.29, 1.82) is 0 Å². The van der Waals surface area contributed by atoms with Gasteiger partial charge in [-0.05, 0) is 43.9 Å². The predicted octanol–water partition coefficient (Wildman–Crippen LogP) is 3.21. The first-order valence-corrected chi connectivity index (χ1v) is 10.8. The Hall–Kier alpha value is -3.16. The van der Waals surface area contributed by atoms with Crippen molar-refractivity contribution in [2.24, 2.45) is 0 Å². The lowest BCUT2D eigenvalue weighted by atomic mass is 10.1. The number of carbonyl (C=O) groups is 2. The summed E-state index contributed by atoms with van der Waals surface area (Å²) in [6.45, 7) is 8.34. The molecular formula is C23H32N4O4. The molecule has 2 amide bonds. The second-order valence-corrected chi connectivity index (χ2v) is 7.24. The Balaban J connectivity index is 2.30. The maximum Gasteiger partial charge on any atom is 0.254 e. The lowest BCUT2D eigenvalue weighted by molar-refractivity contribution is -0.119. The summed E-state index contributed by atoms with van der Waals surface area (Å²) in [6, 6.07) is 5.30. The van der Waals surface area contributed by atoms with Crippen LogP contribution in [0.25, 0.3) is 11.4 Å². The monoisotopic (exact) mass is 428 g/mol. The Morgan fingerprint density at radius 3 is 2.58 bits per heavy atom. The molecule has 0 aliphatic heterocycles. The van der Waals surface area contributed by atoms with E-state index in [0.29, 0.717) is 60.8 Å². The Morgan fingerprint density at radius 2 is 1.94 bits per heavy atom. The maximum atomic E-state index is 12.6. The number of rotatable bonds is 11. The molecule has 0 radical (unpaired) electrons. The van der Waals surface area contributed by atoms with Crippen LogP contribution in [0.5, 0.6) is 5.75 Å². The molecule has 2 rings (SSSR count). The van der Waals surface area contributed by atoms with Crippen molar-refractivity contribution in [2.45, 2.75) is 59.8 Å². The van der Waals surface area contributed by atoms with Crippen molar-refractivity contribution in [3.63, 3.8) is 0 Å². The Labute approximate surface area is 182 Å². The molecule has 0 bridgehead atoms. The van der Waals surface area contributed by atoms with Gasteiger partial charge in [-0.3, -0.25) is 14.4 Å². The van der Waals surface area contributed by atoms with Crippen LogP contribution in [0.15, 0.2) is 23.0 Å². The minimum atomic E-state index is -0.157. The standard InChI is InChI=1S/C23H32N4O4/c1-5-13-31-20-11-10-16(25-21(29)9-8-12-24-15(4)28)14-18(20)22-26-19(7-3)17(6-2)23(30)27-22/h10-11,14H,5-9,12-13H2,1-4H3,(H,24,28)(H,25,29)(H,26,27,30). The summed E-state index contributed by atoms with van der Waals surface area (Å²) in [6.07, 6.45) is 2.92. The Morgan fingerprint density at radius 1 is 1.16 bits per heavy atom. The van der Waals surface area contributed by atoms with Crippen LogP contribution in [0.3, 0.4) is 0 Å². The molecule has 0 aliphatic rings. The summed E-state index contributed by atoms with van der Waals surface area (Å²) in [4.78, 5) is 43.3. The first-order valence-electron chi connectivity index (χ1n) is 10.8. The molecule has 1 aromatic carbocycles. The van der Waals surface area contributed by atoms with Crippen molar-refractivity contribution in [1.82, 2.24) is 15.3 Å². The largest absolute Gasteiger partial charge is 0.493 e. The smallest absolute Gasteiger partial charge is 0.254 e. The number of carbonyl (C=O) groups excluding carboxylic acids is 2. The summed E-state index contributed by atoms with van der Waals surface area (Å²) in [5.74, 6) is 0.747. The number of hydrogen-bond acceptors (Lipinski definition) is 5. The van der Waals surface area contributed by atoms with Gasteiger partial charge in [-0.2, -0.15) is 0 Å². The van der Waals surface area contributed by atoms with Gasteiger partial charge in [0.1, 0.15) is 11.6 Å². The molecule has 3 N–H and O–H groups in total. The molecule has 0 saturated carbocycles. The highest BCUT2D eigenvalue weighted by Crippen LogP contribution is 2.31. The highest BCUT2D eigenvalue weighted by molar-refractivity contribution is 5.91. The van der Waals surface area contributed by atoms with Crippen LogP contribution in [0, 0.1) is 0 Å². The van der Waals surface area contributed by atoms with E-state index < -0.39 is 0 Å². The fourth-order valence-electron chi connectivity index (χ4n) is 3.20. The van der Waals surface area contributed by atoms with Gasteiger partial charge in [0.25, 0.3) is 5.56 Å². The van der Waals surface area contributed by atoms with E-state index in [0.717, 1.165) is 12.1 Å². The summed E-state index contributed by atoms with van der Waals surface area (Å²) >= 11 is 0. The molecule has 1 heterocycles. The van der Waals surface area contributed by atoms with Gasteiger partial charge in [0, 0.05) is 31.1 Å². The summed E-state index contributed by atoms with van der Waals surface area (Å²) in [5.41, 5.74) is 2.50. The third-order valence-electron chi connectivity index (χ3n) is 4.72. The molecule has 0 fully saturated rings. The molecule has 0 saturated heterocycles. The number of aryl methyl sites for hydroxylation is 1. The molecule has 8 heteroatoms. The number of aromatic nitrogens is 2. The number of ether oxygens (including phenoxy) is 1. The third-order valence-corrected chi connectivity index (χ3v) is 4.72. The van der Waals surface area contributed by atoms with Crippen molar-refractivity contribution in [2.75, 3.05) is 18.5 Å². The van der Waals surface area contributed by atoms with E-state index in [1.807, 2.05) is 20.8 Å². The molecule has 1 aromatic heterocycles. The quantitative estimate of drug-likeness (QED) is 0.476. The minimum absolute atomic E-state index is 0.116. The van der Waals surface area contributed by atoms with E-state index in [1.54, 1.807) is 18.2 Å². The first kappa shape index (κ1) is 24.1. The number of hydrogen-bond donors (Lipinski definition) is 3. The second-order valence-electron chi connectivity index (χ2n) is 7.24. The fraction of sp³-hybridized carbons (Fsp3) is 0.478. The van der Waals surface area contributed by atoms with Gasteiger partial charge >= 0.3 is 0 Å². The molecule has 0 atom stereocenters. The average molecular weight is 429 g/mol. The number of anilines is 1. The van der Waals surface area contributed by atoms with Crippen LogP contribution < -0.4 is 20.9 Å². The zero-order chi connectivity index (χ0) is 22.8. The molecule has 0 spiro atoms. The number of benzene rings is 1. The summed E-state index contributed by atoms with van der Waals surface area (Å²) in [7, 11) is 0. The lowest BCUT2D eigenvalue weighted by Gasteiger charge is -2.14. The van der Waals surface area contributed by atoms with Gasteiger partial charge < -0.3 is 20.4 Å². The molecule has 0 unspecified atom stereocenters. The van der Waals surface area contributed by atoms with Crippen LogP contribution in [0.1, 0.15) is 58.2 Å². The minimum Gasteiger partial charge on any atom is -0.493 e. The van der Waals surface area contributed by atoms with E-state index in [2.05, 4.69) is 20.6 Å². The highest BCUT2D eigenvalue weighted by atomic mass is 16.5. The normalized spacial score (nSPS) is 10.6. The Kier molecular flexibility index (Phi) is 9.24. The van der Waals surface area contributed by atoms with Gasteiger partial charge in [0.15, 0.2) is 0 Å². The topological polar surface area (TPSA) is 113 Å². The van der Waals surface area contributed by atoms with E-state index in [1.165, 1.54) is 6.92 Å². The highest BCUT2D eigenvalue weighted by Gasteiger charge is 2.15. The number of H-pyrrole nitrogens is 1. The molecule has 0 aliphatic carbocycles. The predicted molar refractivity (Wildman–Crippen MR) is 121 cm³/mol. The molecule has 8 nitrogen and oxygen atoms in total. The zero-order valence-corrected chi connectivity index (χ0v) is 18.8. The van der Waals surface area contributed by atoms with E-state index in [9.17, 15) is 14.4 Å². The van der Waals surface area contributed by atoms with E-state index >= 15 is 0 Å². The third kappa shape index (κ3) is 6.94. The second kappa shape index (κ2) is 11.9. The average Bonchev–Trinajstić information content (AvgIpc) is 2.75. The first-order chi connectivity index (χ1) is 14.9. The van der Waals surface area contributed by atoms with Crippen LogP contribution in [0.2, 0.25) is 0 Å². The summed E-state index contributed by atoms with van der Waals surface area (Å²) < 4.78 is 5.86. The molecule has 31 heavy (non-hydrogen) atoms. The molecule has 168 valence electrons. The Bertz CT molecular complexity index is 969.